The summed E-state index contributed by atoms with van der Waals surface area (Å²) >= 11 is 0. The van der Waals surface area contributed by atoms with Crippen molar-refractivity contribution in [3.05, 3.63) is 23.7 Å². The van der Waals surface area contributed by atoms with Crippen LogP contribution < -0.4 is 0 Å². The van der Waals surface area contributed by atoms with Gasteiger partial charge in [0.05, 0.1) is 39.0 Å². The molecule has 0 spiro atoms. The minimum atomic E-state index is -1.57. The standard InChI is InChI=1S/C18H28O13/c19-1-9-11(21)13(23)15(25)17(30-9)28-5-7-3-27-4-8(7)6-29-18-16(26)14(24)12(22)10(2-20)31-18/h3-4,9-26H,1-2,5-6H2/t9-,10-,11+,12+,13+,14+,15-,16-,17-,18-/m1/s1. The number of hydrogen-bond acceptors (Lipinski definition) is 13. The molecular weight excluding hydrogens is 424 g/mol. The molecule has 2 aliphatic heterocycles. The van der Waals surface area contributed by atoms with Crippen molar-refractivity contribution in [1.29, 1.82) is 0 Å². The van der Waals surface area contributed by atoms with E-state index >= 15 is 0 Å². The molecule has 0 bridgehead atoms. The summed E-state index contributed by atoms with van der Waals surface area (Å²) in [6, 6.07) is 0. The molecule has 3 rings (SSSR count). The van der Waals surface area contributed by atoms with Gasteiger partial charge in [-0.3, -0.25) is 0 Å². The van der Waals surface area contributed by atoms with Crippen LogP contribution in [-0.2, 0) is 32.2 Å². The number of ether oxygens (including phenoxy) is 4. The van der Waals surface area contributed by atoms with Crippen molar-refractivity contribution in [2.45, 2.75) is 74.6 Å². The summed E-state index contributed by atoms with van der Waals surface area (Å²) in [5, 5.41) is 77.7. The minimum Gasteiger partial charge on any atom is -0.472 e. The summed E-state index contributed by atoms with van der Waals surface area (Å²) in [6.45, 7) is -1.50. The monoisotopic (exact) mass is 452 g/mol. The van der Waals surface area contributed by atoms with Crippen LogP contribution >= 0.6 is 0 Å². The van der Waals surface area contributed by atoms with Crippen molar-refractivity contribution < 1.29 is 64.2 Å². The lowest BCUT2D eigenvalue weighted by molar-refractivity contribution is -0.305. The number of furan rings is 1. The maximum Gasteiger partial charge on any atom is 0.187 e. The van der Waals surface area contributed by atoms with Crippen molar-refractivity contribution in [2.24, 2.45) is 0 Å². The zero-order chi connectivity index (χ0) is 22.7. The first-order chi connectivity index (χ1) is 14.8. The Hall–Kier alpha value is -1.20. The van der Waals surface area contributed by atoms with Gasteiger partial charge in [-0.25, -0.2) is 0 Å². The molecule has 2 aliphatic rings. The van der Waals surface area contributed by atoms with Crippen LogP contribution in [-0.4, -0.2) is 115 Å². The van der Waals surface area contributed by atoms with E-state index in [0.29, 0.717) is 11.1 Å². The zero-order valence-electron chi connectivity index (χ0n) is 16.4. The van der Waals surface area contributed by atoms with Crippen LogP contribution in [0.15, 0.2) is 16.9 Å². The summed E-state index contributed by atoms with van der Waals surface area (Å²) in [7, 11) is 0. The van der Waals surface area contributed by atoms with E-state index in [9.17, 15) is 40.9 Å². The highest BCUT2D eigenvalue weighted by atomic mass is 16.7. The first kappa shape index (κ1) is 24.4. The Morgan fingerprint density at radius 3 is 1.35 bits per heavy atom. The first-order valence-corrected chi connectivity index (χ1v) is 9.66. The average Bonchev–Trinajstić information content (AvgIpc) is 3.22. The van der Waals surface area contributed by atoms with Gasteiger partial charge in [0.2, 0.25) is 0 Å². The first-order valence-electron chi connectivity index (χ1n) is 9.66. The predicted octanol–water partition coefficient (Wildman–Crippen LogP) is -4.09. The zero-order valence-corrected chi connectivity index (χ0v) is 16.4. The van der Waals surface area contributed by atoms with E-state index in [2.05, 4.69) is 0 Å². The molecule has 10 atom stereocenters. The maximum absolute atomic E-state index is 10.0. The van der Waals surface area contributed by atoms with Gasteiger partial charge >= 0.3 is 0 Å². The molecular formula is C18H28O13. The van der Waals surface area contributed by atoms with Gasteiger partial charge in [0.1, 0.15) is 48.8 Å². The van der Waals surface area contributed by atoms with E-state index in [1.807, 2.05) is 0 Å². The van der Waals surface area contributed by atoms with Crippen LogP contribution in [0.4, 0.5) is 0 Å². The van der Waals surface area contributed by atoms with Gasteiger partial charge in [-0.1, -0.05) is 0 Å². The molecule has 2 fully saturated rings. The molecule has 0 unspecified atom stereocenters. The second-order valence-corrected chi connectivity index (χ2v) is 7.44. The summed E-state index contributed by atoms with van der Waals surface area (Å²) in [4.78, 5) is 0. The highest BCUT2D eigenvalue weighted by Crippen LogP contribution is 2.26. The van der Waals surface area contributed by atoms with Crippen molar-refractivity contribution in [1.82, 2.24) is 0 Å². The van der Waals surface area contributed by atoms with Crippen LogP contribution in [0.5, 0.6) is 0 Å². The summed E-state index contributed by atoms with van der Waals surface area (Å²) in [5.74, 6) is 0. The van der Waals surface area contributed by atoms with Crippen molar-refractivity contribution in [3.8, 4) is 0 Å². The van der Waals surface area contributed by atoms with E-state index in [4.69, 9.17) is 23.4 Å². The fourth-order valence-corrected chi connectivity index (χ4v) is 3.36. The Bertz CT molecular complexity index is 625. The fraction of sp³-hybridized carbons (Fsp3) is 0.778. The van der Waals surface area contributed by atoms with Gasteiger partial charge in [-0.15, -0.1) is 0 Å². The molecule has 2 saturated heterocycles. The predicted molar refractivity (Wildman–Crippen MR) is 95.8 cm³/mol. The van der Waals surface area contributed by atoms with Crippen LogP contribution in [0.1, 0.15) is 11.1 Å². The van der Waals surface area contributed by atoms with E-state index in [0.717, 1.165) is 0 Å². The molecule has 0 radical (unpaired) electrons. The molecule has 0 aliphatic carbocycles. The number of hydrogen-bond donors (Lipinski definition) is 8. The van der Waals surface area contributed by atoms with Crippen LogP contribution in [0.25, 0.3) is 0 Å². The van der Waals surface area contributed by atoms with E-state index in [-0.39, 0.29) is 13.2 Å². The largest absolute Gasteiger partial charge is 0.472 e. The van der Waals surface area contributed by atoms with Crippen molar-refractivity contribution in [3.63, 3.8) is 0 Å². The molecule has 1 aromatic heterocycles. The van der Waals surface area contributed by atoms with Crippen LogP contribution in [0, 0.1) is 0 Å². The summed E-state index contributed by atoms with van der Waals surface area (Å²) in [5.41, 5.74) is 0.920. The highest BCUT2D eigenvalue weighted by Gasteiger charge is 2.45. The quantitative estimate of drug-likeness (QED) is 0.189. The van der Waals surface area contributed by atoms with E-state index in [1.165, 1.54) is 12.5 Å². The molecule has 3 heterocycles. The summed E-state index contributed by atoms with van der Waals surface area (Å²) < 4.78 is 26.5. The van der Waals surface area contributed by atoms with Gasteiger partial charge < -0.3 is 64.2 Å². The van der Waals surface area contributed by atoms with E-state index in [1.54, 1.807) is 0 Å². The Balaban J connectivity index is 1.56. The minimum absolute atomic E-state index is 0.160. The van der Waals surface area contributed by atoms with Gasteiger partial charge in [-0.2, -0.15) is 0 Å². The van der Waals surface area contributed by atoms with Crippen molar-refractivity contribution >= 4 is 0 Å². The van der Waals surface area contributed by atoms with E-state index < -0.39 is 74.6 Å². The lowest BCUT2D eigenvalue weighted by Gasteiger charge is -2.39. The lowest BCUT2D eigenvalue weighted by Crippen LogP contribution is -2.59. The van der Waals surface area contributed by atoms with Gasteiger partial charge in [0.15, 0.2) is 12.6 Å². The molecule has 0 saturated carbocycles. The third-order valence-electron chi connectivity index (χ3n) is 5.34. The third-order valence-corrected chi connectivity index (χ3v) is 5.34. The molecule has 13 nitrogen and oxygen atoms in total. The van der Waals surface area contributed by atoms with Gasteiger partial charge in [0.25, 0.3) is 0 Å². The topological polar surface area (TPSA) is 212 Å². The molecule has 1 aromatic rings. The normalized spacial score (nSPS) is 41.4. The average molecular weight is 452 g/mol. The van der Waals surface area contributed by atoms with Gasteiger partial charge in [0, 0.05) is 11.1 Å². The smallest absolute Gasteiger partial charge is 0.187 e. The Labute approximate surface area is 176 Å². The molecule has 178 valence electrons. The Morgan fingerprint density at radius 2 is 1.00 bits per heavy atom. The van der Waals surface area contributed by atoms with Crippen LogP contribution in [0.3, 0.4) is 0 Å². The second-order valence-electron chi connectivity index (χ2n) is 7.44. The molecule has 0 amide bonds. The highest BCUT2D eigenvalue weighted by molar-refractivity contribution is 5.19. The molecule has 0 aromatic carbocycles. The number of aliphatic hydroxyl groups excluding tert-OH is 8. The number of aliphatic hydroxyl groups is 8. The number of rotatable bonds is 8. The van der Waals surface area contributed by atoms with Gasteiger partial charge in [-0.05, 0) is 0 Å². The Kier molecular flexibility index (Phi) is 8.37. The van der Waals surface area contributed by atoms with Crippen LogP contribution in [0.2, 0.25) is 0 Å². The fourth-order valence-electron chi connectivity index (χ4n) is 3.36. The second kappa shape index (κ2) is 10.6. The molecule has 13 heteroatoms. The summed E-state index contributed by atoms with van der Waals surface area (Å²) in [6.07, 6.45) is -11.5. The van der Waals surface area contributed by atoms with Crippen molar-refractivity contribution in [2.75, 3.05) is 13.2 Å². The maximum atomic E-state index is 10.0. The molecule has 8 N–H and O–H groups in total. The third kappa shape index (κ3) is 5.24. The molecule has 31 heavy (non-hydrogen) atoms. The Morgan fingerprint density at radius 1 is 0.613 bits per heavy atom. The lowest BCUT2D eigenvalue weighted by atomic mass is 9.99. The SMILES string of the molecule is OC[C@H]1O[C@@H](OCc2cocc2CO[C@@H]2O[C@H](CO)[C@H](O)[C@H](O)[C@H]2O)[C@H](O)[C@@H](O)[C@H]1O.